The van der Waals surface area contributed by atoms with Crippen molar-refractivity contribution in [3.05, 3.63) is 48.3 Å². The highest BCUT2D eigenvalue weighted by Crippen LogP contribution is 2.20. The lowest BCUT2D eigenvalue weighted by molar-refractivity contribution is 0.0589. The summed E-state index contributed by atoms with van der Waals surface area (Å²) in [6, 6.07) is 12.1. The molecule has 6 heteroatoms. The fourth-order valence-electron chi connectivity index (χ4n) is 3.74. The molecule has 0 radical (unpaired) electrons. The Kier molecular flexibility index (Phi) is 5.20. The molecule has 0 spiro atoms. The van der Waals surface area contributed by atoms with Crippen LogP contribution in [0.4, 0.5) is 0 Å². The summed E-state index contributed by atoms with van der Waals surface area (Å²) in [5, 5.41) is 7.94. The van der Waals surface area contributed by atoms with Crippen molar-refractivity contribution in [1.29, 1.82) is 0 Å². The van der Waals surface area contributed by atoms with Gasteiger partial charge in [-0.25, -0.2) is 0 Å². The van der Waals surface area contributed by atoms with Crippen LogP contribution < -0.4 is 10.1 Å². The molecular weight excluding hydrogens is 328 g/mol. The molecule has 3 heterocycles. The lowest BCUT2D eigenvalue weighted by Gasteiger charge is -2.31. The second kappa shape index (κ2) is 7.91. The van der Waals surface area contributed by atoms with Gasteiger partial charge in [0.1, 0.15) is 17.5 Å². The van der Waals surface area contributed by atoms with Gasteiger partial charge in [-0.15, -0.1) is 0 Å². The topological polar surface area (TPSA) is 59.4 Å². The zero-order valence-electron chi connectivity index (χ0n) is 15.0. The minimum Gasteiger partial charge on any atom is -0.490 e. The second-order valence-corrected chi connectivity index (χ2v) is 7.10. The highest BCUT2D eigenvalue weighted by Gasteiger charge is 2.26. The molecule has 2 saturated heterocycles. The molecule has 1 unspecified atom stereocenters. The largest absolute Gasteiger partial charge is 0.490 e. The molecule has 2 aromatic rings. The molecule has 0 bridgehead atoms. The van der Waals surface area contributed by atoms with Crippen molar-refractivity contribution in [2.45, 2.75) is 37.8 Å². The molecule has 6 nitrogen and oxygen atoms in total. The third-order valence-corrected chi connectivity index (χ3v) is 5.25. The Hall–Kier alpha value is -2.34. The third kappa shape index (κ3) is 3.90. The summed E-state index contributed by atoms with van der Waals surface area (Å²) in [4.78, 5) is 14.7. The van der Waals surface area contributed by atoms with Gasteiger partial charge in [0.2, 0.25) is 0 Å². The second-order valence-electron chi connectivity index (χ2n) is 7.10. The molecule has 138 valence electrons. The Labute approximate surface area is 154 Å². The summed E-state index contributed by atoms with van der Waals surface area (Å²) < 4.78 is 7.96. The Morgan fingerprint density at radius 2 is 1.92 bits per heavy atom. The molecule has 1 N–H and O–H groups in total. The van der Waals surface area contributed by atoms with E-state index in [0.29, 0.717) is 24.8 Å². The molecule has 26 heavy (non-hydrogen) atoms. The molecule has 1 aromatic heterocycles. The van der Waals surface area contributed by atoms with Gasteiger partial charge < -0.3 is 15.0 Å². The fraction of sp³-hybridized carbons (Fsp3) is 0.500. The maximum absolute atomic E-state index is 12.8. The number of piperidine rings is 2. The molecule has 2 fully saturated rings. The number of carbonyl (C=O) groups is 1. The summed E-state index contributed by atoms with van der Waals surface area (Å²) in [5.41, 5.74) is 0.554. The lowest BCUT2D eigenvalue weighted by atomic mass is 10.1. The van der Waals surface area contributed by atoms with Crippen molar-refractivity contribution in [3.63, 3.8) is 0 Å². The predicted molar refractivity (Wildman–Crippen MR) is 99.4 cm³/mol. The zero-order chi connectivity index (χ0) is 17.8. The van der Waals surface area contributed by atoms with Crippen LogP contribution in [-0.2, 0) is 0 Å². The Bertz CT molecular complexity index is 716. The van der Waals surface area contributed by atoms with Crippen molar-refractivity contribution < 1.29 is 9.53 Å². The molecule has 1 amide bonds. The van der Waals surface area contributed by atoms with Crippen LogP contribution in [0.1, 0.15) is 42.2 Å². The summed E-state index contributed by atoms with van der Waals surface area (Å²) in [6.07, 6.45) is 6.10. The number of aromatic nitrogens is 2. The highest BCUT2D eigenvalue weighted by atomic mass is 16.5. The third-order valence-electron chi connectivity index (χ3n) is 5.25. The van der Waals surface area contributed by atoms with Gasteiger partial charge in [0.25, 0.3) is 5.91 Å². The van der Waals surface area contributed by atoms with Crippen LogP contribution in [0.15, 0.2) is 42.6 Å². The van der Waals surface area contributed by atoms with Crippen molar-refractivity contribution >= 4 is 5.91 Å². The monoisotopic (exact) mass is 354 g/mol. The van der Waals surface area contributed by atoms with Gasteiger partial charge in [0, 0.05) is 38.7 Å². The summed E-state index contributed by atoms with van der Waals surface area (Å²) in [5.74, 6) is 0.933. The van der Waals surface area contributed by atoms with E-state index in [1.807, 2.05) is 52.2 Å². The number of benzene rings is 1. The van der Waals surface area contributed by atoms with Gasteiger partial charge in [-0.2, -0.15) is 5.10 Å². The van der Waals surface area contributed by atoms with E-state index in [4.69, 9.17) is 4.74 Å². The number of para-hydroxylation sites is 1. The molecule has 1 aromatic carbocycles. The van der Waals surface area contributed by atoms with Crippen LogP contribution in [0.3, 0.4) is 0 Å². The normalized spacial score (nSPS) is 21.5. The molecule has 1 atom stereocenters. The SMILES string of the molecule is O=C(c1ccn(C2CCCNC2)n1)N1CCC(Oc2ccccc2)CC1. The summed E-state index contributed by atoms with van der Waals surface area (Å²) >= 11 is 0. The van der Waals surface area contributed by atoms with E-state index in [2.05, 4.69) is 10.4 Å². The van der Waals surface area contributed by atoms with Crippen molar-refractivity contribution in [3.8, 4) is 5.75 Å². The fourth-order valence-corrected chi connectivity index (χ4v) is 3.74. The van der Waals surface area contributed by atoms with Crippen LogP contribution in [0.25, 0.3) is 0 Å². The predicted octanol–water partition coefficient (Wildman–Crippen LogP) is 2.49. The van der Waals surface area contributed by atoms with Gasteiger partial charge in [-0.05, 0) is 37.6 Å². The minimum atomic E-state index is 0.0330. The lowest BCUT2D eigenvalue weighted by Crippen LogP contribution is -2.42. The standard InChI is InChI=1S/C20H26N4O2/c25-20(19-10-14-24(22-19)16-5-4-11-21-15-16)23-12-8-18(9-13-23)26-17-6-2-1-3-7-17/h1-3,6-7,10,14,16,18,21H,4-5,8-9,11-13,15H2. The summed E-state index contributed by atoms with van der Waals surface area (Å²) in [7, 11) is 0. The van der Waals surface area contributed by atoms with Crippen molar-refractivity contribution in [2.75, 3.05) is 26.2 Å². The van der Waals surface area contributed by atoms with Gasteiger partial charge in [0.05, 0.1) is 6.04 Å². The maximum Gasteiger partial charge on any atom is 0.274 e. The average Bonchev–Trinajstić information content (AvgIpc) is 3.20. The van der Waals surface area contributed by atoms with Gasteiger partial charge in [-0.1, -0.05) is 18.2 Å². The Morgan fingerprint density at radius 3 is 2.65 bits per heavy atom. The number of rotatable bonds is 4. The van der Waals surface area contributed by atoms with E-state index in [0.717, 1.165) is 44.5 Å². The number of nitrogens with zero attached hydrogens (tertiary/aromatic N) is 3. The number of carbonyl (C=O) groups excluding carboxylic acids is 1. The van der Waals surface area contributed by atoms with Crippen LogP contribution in [-0.4, -0.2) is 52.9 Å². The first-order chi connectivity index (χ1) is 12.8. The van der Waals surface area contributed by atoms with Crippen LogP contribution in [0, 0.1) is 0 Å². The number of amides is 1. The zero-order valence-corrected chi connectivity index (χ0v) is 15.0. The minimum absolute atomic E-state index is 0.0330. The van der Waals surface area contributed by atoms with Gasteiger partial charge in [-0.3, -0.25) is 9.48 Å². The first-order valence-corrected chi connectivity index (χ1v) is 9.56. The number of hydrogen-bond acceptors (Lipinski definition) is 4. The van der Waals surface area contributed by atoms with Gasteiger partial charge >= 0.3 is 0 Å². The molecule has 2 aliphatic heterocycles. The first-order valence-electron chi connectivity index (χ1n) is 9.56. The van der Waals surface area contributed by atoms with Crippen molar-refractivity contribution in [1.82, 2.24) is 20.0 Å². The molecular formula is C20H26N4O2. The Morgan fingerprint density at radius 1 is 1.12 bits per heavy atom. The van der Waals surface area contributed by atoms with E-state index in [9.17, 15) is 4.79 Å². The molecule has 4 rings (SSSR count). The Balaban J connectivity index is 1.31. The number of hydrogen-bond donors (Lipinski definition) is 1. The maximum atomic E-state index is 12.8. The summed E-state index contributed by atoms with van der Waals surface area (Å²) in [6.45, 7) is 3.43. The molecule has 2 aliphatic rings. The first kappa shape index (κ1) is 17.1. The number of ether oxygens (including phenoxy) is 1. The van der Waals surface area contributed by atoms with E-state index >= 15 is 0 Å². The average molecular weight is 354 g/mol. The quantitative estimate of drug-likeness (QED) is 0.916. The van der Waals surface area contributed by atoms with Crippen LogP contribution in [0.2, 0.25) is 0 Å². The van der Waals surface area contributed by atoms with Crippen LogP contribution >= 0.6 is 0 Å². The number of likely N-dealkylation sites (tertiary alicyclic amines) is 1. The van der Waals surface area contributed by atoms with E-state index < -0.39 is 0 Å². The van der Waals surface area contributed by atoms with E-state index in [-0.39, 0.29) is 12.0 Å². The van der Waals surface area contributed by atoms with Crippen molar-refractivity contribution in [2.24, 2.45) is 0 Å². The smallest absolute Gasteiger partial charge is 0.274 e. The molecule has 0 saturated carbocycles. The van der Waals surface area contributed by atoms with Crippen LogP contribution in [0.5, 0.6) is 5.75 Å². The van der Waals surface area contributed by atoms with E-state index in [1.165, 1.54) is 0 Å². The highest BCUT2D eigenvalue weighted by molar-refractivity contribution is 5.92. The molecule has 0 aliphatic carbocycles. The number of nitrogens with one attached hydrogen (secondary N) is 1. The van der Waals surface area contributed by atoms with E-state index in [1.54, 1.807) is 0 Å². The van der Waals surface area contributed by atoms with Gasteiger partial charge in [0.15, 0.2) is 0 Å².